The predicted molar refractivity (Wildman–Crippen MR) is 119 cm³/mol. The van der Waals surface area contributed by atoms with Crippen LogP contribution < -0.4 is 5.73 Å². The smallest absolute Gasteiger partial charge is 0.253 e. The number of aryl methyl sites for hydroxylation is 1. The Morgan fingerprint density at radius 2 is 2.03 bits per heavy atom. The van der Waals surface area contributed by atoms with E-state index in [1.54, 1.807) is 47.6 Å². The molecule has 1 fully saturated rings. The number of sulfonamides is 1. The number of nitrogens with zero attached hydrogens (tertiary/aromatic N) is 3. The van der Waals surface area contributed by atoms with E-state index < -0.39 is 10.0 Å². The molecule has 0 radical (unpaired) electrons. The van der Waals surface area contributed by atoms with Gasteiger partial charge in [-0.2, -0.15) is 4.31 Å². The number of aromatic nitrogens is 1. The van der Waals surface area contributed by atoms with Crippen molar-refractivity contribution in [3.8, 4) is 0 Å². The Balaban J connectivity index is 1.39. The van der Waals surface area contributed by atoms with Crippen molar-refractivity contribution in [1.82, 2.24) is 14.2 Å². The lowest BCUT2D eigenvalue weighted by Gasteiger charge is -2.33. The van der Waals surface area contributed by atoms with Crippen LogP contribution in [0.4, 0.5) is 5.69 Å². The van der Waals surface area contributed by atoms with Gasteiger partial charge in [0.05, 0.1) is 6.54 Å². The number of benzene rings is 1. The third kappa shape index (κ3) is 4.29. The number of piperazine rings is 1. The summed E-state index contributed by atoms with van der Waals surface area (Å²) in [5.41, 5.74) is 7.57. The Bertz CT molecular complexity index is 1200. The van der Waals surface area contributed by atoms with Crippen LogP contribution >= 0.6 is 22.9 Å². The number of carbonyl (C=O) groups is 1. The number of fused-ring (bicyclic) bond motifs is 1. The first-order chi connectivity index (χ1) is 14.3. The number of hydrogen-bond donors (Lipinski definition) is 1. The molecular weight excluding hydrogens is 444 g/mol. The van der Waals surface area contributed by atoms with E-state index in [1.807, 2.05) is 0 Å². The lowest BCUT2D eigenvalue weighted by Crippen LogP contribution is -2.52. The van der Waals surface area contributed by atoms with Crippen LogP contribution in [0.1, 0.15) is 12.0 Å². The van der Waals surface area contributed by atoms with E-state index >= 15 is 0 Å². The van der Waals surface area contributed by atoms with E-state index in [0.29, 0.717) is 23.8 Å². The summed E-state index contributed by atoms with van der Waals surface area (Å²) in [6, 6.07) is 8.67. The molecular formula is C20H21ClN4O3S2. The molecule has 0 bridgehead atoms. The van der Waals surface area contributed by atoms with Gasteiger partial charge < -0.3 is 10.6 Å². The topological polar surface area (TPSA) is 96.6 Å². The van der Waals surface area contributed by atoms with Crippen molar-refractivity contribution < 1.29 is 13.2 Å². The van der Waals surface area contributed by atoms with Crippen molar-refractivity contribution in [2.45, 2.75) is 17.1 Å². The van der Waals surface area contributed by atoms with Gasteiger partial charge in [0.2, 0.25) is 5.91 Å². The normalized spacial score (nSPS) is 15.8. The first-order valence-corrected chi connectivity index (χ1v) is 12.1. The molecule has 1 aliphatic rings. The van der Waals surface area contributed by atoms with Gasteiger partial charge in [-0.15, -0.1) is 11.3 Å². The molecule has 1 amide bonds. The molecule has 1 aromatic carbocycles. The quantitative estimate of drug-likeness (QED) is 0.604. The van der Waals surface area contributed by atoms with E-state index in [-0.39, 0.29) is 23.2 Å². The van der Waals surface area contributed by atoms with Gasteiger partial charge in [0.15, 0.2) is 0 Å². The van der Waals surface area contributed by atoms with E-state index in [0.717, 1.165) is 28.5 Å². The second-order valence-corrected chi connectivity index (χ2v) is 10.8. The summed E-state index contributed by atoms with van der Waals surface area (Å²) < 4.78 is 28.4. The summed E-state index contributed by atoms with van der Waals surface area (Å²) in [7, 11) is -3.73. The minimum atomic E-state index is -3.73. The highest BCUT2D eigenvalue weighted by Crippen LogP contribution is 2.33. The van der Waals surface area contributed by atoms with Crippen LogP contribution in [-0.2, 0) is 21.2 Å². The van der Waals surface area contributed by atoms with Gasteiger partial charge in [0.25, 0.3) is 10.0 Å². The highest BCUT2D eigenvalue weighted by atomic mass is 35.5. The first-order valence-electron chi connectivity index (χ1n) is 9.50. The third-order valence-corrected chi connectivity index (χ3v) is 8.78. The fraction of sp³-hybridized carbons (Fsp3) is 0.300. The highest BCUT2D eigenvalue weighted by molar-refractivity contribution is 7.91. The van der Waals surface area contributed by atoms with Crippen LogP contribution in [-0.4, -0.2) is 54.7 Å². The number of carbonyl (C=O) groups excluding carboxylic acids is 1. The minimum Gasteiger partial charge on any atom is -0.398 e. The number of amides is 1. The molecule has 2 N–H and O–H groups in total. The van der Waals surface area contributed by atoms with Crippen molar-refractivity contribution in [2.75, 3.05) is 31.9 Å². The molecule has 0 spiro atoms. The van der Waals surface area contributed by atoms with E-state index in [4.69, 9.17) is 17.3 Å². The molecule has 0 aliphatic carbocycles. The minimum absolute atomic E-state index is 0.146. The number of rotatable bonds is 6. The van der Waals surface area contributed by atoms with Crippen LogP contribution in [0.3, 0.4) is 0 Å². The zero-order valence-electron chi connectivity index (χ0n) is 16.1. The lowest BCUT2D eigenvalue weighted by atomic mass is 10.1. The van der Waals surface area contributed by atoms with E-state index in [9.17, 15) is 13.2 Å². The number of nitrogens with two attached hydrogens (primary N) is 1. The molecule has 0 saturated carbocycles. The number of hydrogen-bond acceptors (Lipinski definition) is 6. The van der Waals surface area contributed by atoms with E-state index in [1.165, 1.54) is 15.6 Å². The van der Waals surface area contributed by atoms with Gasteiger partial charge in [-0.25, -0.2) is 8.42 Å². The highest BCUT2D eigenvalue weighted by Gasteiger charge is 2.33. The van der Waals surface area contributed by atoms with Crippen LogP contribution in [0.15, 0.2) is 46.9 Å². The number of anilines is 1. The zero-order chi connectivity index (χ0) is 21.3. The molecule has 0 unspecified atom stereocenters. The number of halogens is 1. The maximum atomic E-state index is 13.0. The molecule has 1 aliphatic heterocycles. The van der Waals surface area contributed by atoms with Crippen LogP contribution in [0, 0.1) is 0 Å². The van der Waals surface area contributed by atoms with Crippen molar-refractivity contribution in [2.24, 2.45) is 0 Å². The van der Waals surface area contributed by atoms with Gasteiger partial charge in [-0.05, 0) is 48.1 Å². The fourth-order valence-electron chi connectivity index (χ4n) is 3.47. The summed E-state index contributed by atoms with van der Waals surface area (Å²) in [5.74, 6) is -0.187. The summed E-state index contributed by atoms with van der Waals surface area (Å²) in [5, 5.41) is 1.38. The van der Waals surface area contributed by atoms with Crippen LogP contribution in [0.5, 0.6) is 0 Å². The van der Waals surface area contributed by atoms with Crippen molar-refractivity contribution in [3.63, 3.8) is 0 Å². The van der Waals surface area contributed by atoms with Gasteiger partial charge >= 0.3 is 0 Å². The fourth-order valence-corrected chi connectivity index (χ4v) is 6.68. The second kappa shape index (κ2) is 8.50. The second-order valence-electron chi connectivity index (χ2n) is 7.15. The molecule has 3 aromatic rings. The van der Waals surface area contributed by atoms with Gasteiger partial charge in [-0.3, -0.25) is 9.78 Å². The zero-order valence-corrected chi connectivity index (χ0v) is 18.5. The Morgan fingerprint density at radius 3 is 2.80 bits per heavy atom. The van der Waals surface area contributed by atoms with Gasteiger partial charge in [0, 0.05) is 47.4 Å². The molecule has 7 nitrogen and oxygen atoms in total. The van der Waals surface area contributed by atoms with Crippen molar-refractivity contribution in [3.05, 3.63) is 53.3 Å². The lowest BCUT2D eigenvalue weighted by molar-refractivity contribution is -0.134. The van der Waals surface area contributed by atoms with Crippen molar-refractivity contribution >= 4 is 54.6 Å². The molecule has 1 saturated heterocycles. The average Bonchev–Trinajstić information content (AvgIpc) is 3.14. The first kappa shape index (κ1) is 21.0. The summed E-state index contributed by atoms with van der Waals surface area (Å²) in [4.78, 5) is 18.4. The molecule has 30 heavy (non-hydrogen) atoms. The van der Waals surface area contributed by atoms with Gasteiger partial charge in [0.1, 0.15) is 4.21 Å². The van der Waals surface area contributed by atoms with Crippen LogP contribution in [0.2, 0.25) is 5.02 Å². The molecule has 3 heterocycles. The number of nitrogen functional groups attached to an aromatic ring is 1. The predicted octanol–water partition coefficient (Wildman–Crippen LogP) is 3.00. The Kier molecular flexibility index (Phi) is 5.97. The SMILES string of the molecule is Nc1ccncc1CCCN1CCN(S(=O)(=O)c2cc3ccc(Cl)cc3s2)CC1=O. The Labute approximate surface area is 184 Å². The average molecular weight is 465 g/mol. The van der Waals surface area contributed by atoms with Gasteiger partial charge in [-0.1, -0.05) is 17.7 Å². The maximum absolute atomic E-state index is 13.0. The largest absolute Gasteiger partial charge is 0.398 e. The molecule has 2 aromatic heterocycles. The molecule has 158 valence electrons. The summed E-state index contributed by atoms with van der Waals surface area (Å²) in [6.07, 6.45) is 4.84. The standard InChI is InChI=1S/C20H21ClN4O3S2/c21-16-4-3-14-10-20(29-18(14)11-16)30(27,28)25-9-8-24(19(26)13-25)7-1-2-15-12-23-6-5-17(15)22/h3-6,10-12H,1-2,7-9,13H2,(H2,22,23). The van der Waals surface area contributed by atoms with Crippen LogP contribution in [0.25, 0.3) is 10.1 Å². The van der Waals surface area contributed by atoms with Crippen molar-refractivity contribution in [1.29, 1.82) is 0 Å². The maximum Gasteiger partial charge on any atom is 0.253 e. The van der Waals surface area contributed by atoms with E-state index in [2.05, 4.69) is 4.98 Å². The Morgan fingerprint density at radius 1 is 1.20 bits per heavy atom. The summed E-state index contributed by atoms with van der Waals surface area (Å²) >= 11 is 7.17. The Hall–Kier alpha value is -2.20. The number of pyridine rings is 1. The molecule has 4 rings (SSSR count). The molecule has 0 atom stereocenters. The molecule has 10 heteroatoms. The monoisotopic (exact) mass is 464 g/mol. The number of thiophene rings is 1. The summed E-state index contributed by atoms with van der Waals surface area (Å²) in [6.45, 7) is 1.06. The third-order valence-electron chi connectivity index (χ3n) is 5.15.